The molecule has 2 aromatic carbocycles. The molecular formula is C20H16N4O2S. The molecule has 4 rings (SSSR count). The second-order valence-corrected chi connectivity index (χ2v) is 7.07. The van der Waals surface area contributed by atoms with Crippen LogP contribution in [-0.2, 0) is 0 Å². The number of nitrogens with zero attached hydrogens (tertiary/aromatic N) is 3. The van der Waals surface area contributed by atoms with Crippen molar-refractivity contribution in [3.8, 4) is 22.7 Å². The van der Waals surface area contributed by atoms with Crippen LogP contribution in [0.1, 0.15) is 21.2 Å². The molecule has 0 spiro atoms. The molecule has 0 aliphatic heterocycles. The van der Waals surface area contributed by atoms with Gasteiger partial charge in [-0.05, 0) is 50.2 Å². The van der Waals surface area contributed by atoms with Crippen molar-refractivity contribution in [2.45, 2.75) is 13.8 Å². The lowest BCUT2D eigenvalue weighted by atomic mass is 10.1. The Bertz CT molecular complexity index is 1080. The second kappa shape index (κ2) is 7.13. The number of nitrogens with one attached hydrogen (secondary N) is 1. The Kier molecular flexibility index (Phi) is 4.52. The van der Waals surface area contributed by atoms with Crippen LogP contribution in [0.25, 0.3) is 22.7 Å². The molecule has 0 atom stereocenters. The number of thiazole rings is 1. The van der Waals surface area contributed by atoms with Crippen molar-refractivity contribution in [1.29, 1.82) is 0 Å². The highest BCUT2D eigenvalue weighted by atomic mass is 32.1. The van der Waals surface area contributed by atoms with Crippen LogP contribution in [0.3, 0.4) is 0 Å². The largest absolute Gasteiger partial charge is 0.334 e. The van der Waals surface area contributed by atoms with E-state index in [9.17, 15) is 4.79 Å². The predicted molar refractivity (Wildman–Crippen MR) is 105 cm³/mol. The average Bonchev–Trinajstić information content (AvgIpc) is 3.31. The summed E-state index contributed by atoms with van der Waals surface area (Å²) in [5.74, 6) is 0.830. The second-order valence-electron chi connectivity index (χ2n) is 6.01. The minimum atomic E-state index is -0.180. The summed E-state index contributed by atoms with van der Waals surface area (Å²) >= 11 is 1.62. The number of rotatable bonds is 4. The fourth-order valence-electron chi connectivity index (χ4n) is 2.60. The first-order valence-corrected chi connectivity index (χ1v) is 9.21. The molecule has 0 bridgehead atoms. The molecule has 1 amide bonds. The zero-order valence-electron chi connectivity index (χ0n) is 14.8. The van der Waals surface area contributed by atoms with Crippen LogP contribution < -0.4 is 5.32 Å². The third kappa shape index (κ3) is 3.78. The van der Waals surface area contributed by atoms with E-state index in [1.54, 1.807) is 42.5 Å². The Morgan fingerprint density at radius 2 is 1.67 bits per heavy atom. The van der Waals surface area contributed by atoms with E-state index in [0.29, 0.717) is 17.3 Å². The summed E-state index contributed by atoms with van der Waals surface area (Å²) in [4.78, 5) is 21.1. The first-order valence-electron chi connectivity index (χ1n) is 8.33. The topological polar surface area (TPSA) is 80.9 Å². The lowest BCUT2D eigenvalue weighted by molar-refractivity contribution is 0.102. The van der Waals surface area contributed by atoms with Gasteiger partial charge >= 0.3 is 0 Å². The molecule has 4 aromatic rings. The number of hydrogen-bond donors (Lipinski definition) is 1. The molecule has 134 valence electrons. The molecule has 0 saturated carbocycles. The summed E-state index contributed by atoms with van der Waals surface area (Å²) in [5.41, 5.74) is 4.02. The van der Waals surface area contributed by atoms with Crippen LogP contribution in [0.5, 0.6) is 0 Å². The minimum Gasteiger partial charge on any atom is -0.334 e. The van der Waals surface area contributed by atoms with Gasteiger partial charge in [-0.25, -0.2) is 4.98 Å². The van der Waals surface area contributed by atoms with E-state index in [-0.39, 0.29) is 5.91 Å². The van der Waals surface area contributed by atoms with Crippen LogP contribution in [0, 0.1) is 13.8 Å². The summed E-state index contributed by atoms with van der Waals surface area (Å²) in [6, 6.07) is 14.7. The van der Waals surface area contributed by atoms with Crippen LogP contribution in [-0.4, -0.2) is 21.0 Å². The molecule has 1 N–H and O–H groups in total. The molecule has 0 saturated heterocycles. The number of carbonyl (C=O) groups excluding carboxylic acids is 1. The number of anilines is 1. The van der Waals surface area contributed by atoms with E-state index in [1.807, 2.05) is 36.6 Å². The quantitative estimate of drug-likeness (QED) is 0.557. The fourth-order valence-corrected chi connectivity index (χ4v) is 3.22. The van der Waals surface area contributed by atoms with Gasteiger partial charge in [0.2, 0.25) is 0 Å². The first kappa shape index (κ1) is 17.1. The van der Waals surface area contributed by atoms with Crippen molar-refractivity contribution >= 4 is 22.9 Å². The van der Waals surface area contributed by atoms with Crippen molar-refractivity contribution in [1.82, 2.24) is 15.1 Å². The molecule has 27 heavy (non-hydrogen) atoms. The standard InChI is InChI=1S/C20H16N4O2S/c1-12-21-20(26-24-12)16-5-3-15(4-6-16)19(25)23-17-9-7-14(8-10-17)18-11-27-13(2)22-18/h3-11H,1-2H3,(H,23,25). The Morgan fingerprint density at radius 1 is 0.963 bits per heavy atom. The van der Waals surface area contributed by atoms with E-state index in [0.717, 1.165) is 27.5 Å². The highest BCUT2D eigenvalue weighted by Gasteiger charge is 2.10. The van der Waals surface area contributed by atoms with E-state index < -0.39 is 0 Å². The van der Waals surface area contributed by atoms with Gasteiger partial charge in [0, 0.05) is 27.8 Å². The SMILES string of the molecule is Cc1noc(-c2ccc(C(=O)Nc3ccc(-c4csc(C)n4)cc3)cc2)n1. The number of benzene rings is 2. The summed E-state index contributed by atoms with van der Waals surface area (Å²) in [6.07, 6.45) is 0. The fraction of sp³-hybridized carbons (Fsp3) is 0.100. The van der Waals surface area contributed by atoms with Gasteiger partial charge in [0.25, 0.3) is 11.8 Å². The summed E-state index contributed by atoms with van der Waals surface area (Å²) < 4.78 is 5.13. The highest BCUT2D eigenvalue weighted by Crippen LogP contribution is 2.23. The maximum atomic E-state index is 12.5. The summed E-state index contributed by atoms with van der Waals surface area (Å²) in [5, 5.41) is 9.72. The first-order chi connectivity index (χ1) is 13.1. The molecule has 2 aromatic heterocycles. The molecule has 6 nitrogen and oxygen atoms in total. The van der Waals surface area contributed by atoms with Gasteiger partial charge in [-0.2, -0.15) is 4.98 Å². The van der Waals surface area contributed by atoms with E-state index >= 15 is 0 Å². The Morgan fingerprint density at radius 3 is 2.26 bits per heavy atom. The smallest absolute Gasteiger partial charge is 0.257 e. The number of aryl methyl sites for hydroxylation is 2. The molecule has 0 aliphatic rings. The maximum absolute atomic E-state index is 12.5. The minimum absolute atomic E-state index is 0.180. The van der Waals surface area contributed by atoms with E-state index in [2.05, 4.69) is 20.4 Å². The van der Waals surface area contributed by atoms with E-state index in [1.165, 1.54) is 0 Å². The van der Waals surface area contributed by atoms with E-state index in [4.69, 9.17) is 4.52 Å². The average molecular weight is 376 g/mol. The van der Waals surface area contributed by atoms with Gasteiger partial charge in [0.1, 0.15) is 0 Å². The van der Waals surface area contributed by atoms with Crippen LogP contribution in [0.4, 0.5) is 5.69 Å². The van der Waals surface area contributed by atoms with Crippen molar-refractivity contribution < 1.29 is 9.32 Å². The number of carbonyl (C=O) groups is 1. The zero-order chi connectivity index (χ0) is 18.8. The van der Waals surface area contributed by atoms with Crippen LogP contribution >= 0.6 is 11.3 Å². The molecule has 0 aliphatic carbocycles. The Labute approximate surface area is 159 Å². The zero-order valence-corrected chi connectivity index (χ0v) is 15.6. The highest BCUT2D eigenvalue weighted by molar-refractivity contribution is 7.09. The van der Waals surface area contributed by atoms with Crippen LogP contribution in [0.15, 0.2) is 58.4 Å². The molecule has 7 heteroatoms. The van der Waals surface area contributed by atoms with Gasteiger partial charge < -0.3 is 9.84 Å². The van der Waals surface area contributed by atoms with Gasteiger partial charge in [-0.1, -0.05) is 17.3 Å². The Hall–Kier alpha value is -3.32. The summed E-state index contributed by atoms with van der Waals surface area (Å²) in [7, 11) is 0. The van der Waals surface area contributed by atoms with Gasteiger partial charge in [0.05, 0.1) is 10.7 Å². The monoisotopic (exact) mass is 376 g/mol. The van der Waals surface area contributed by atoms with Crippen molar-refractivity contribution in [2.24, 2.45) is 0 Å². The Balaban J connectivity index is 1.45. The molecule has 0 unspecified atom stereocenters. The third-order valence-electron chi connectivity index (χ3n) is 3.98. The normalized spacial score (nSPS) is 10.7. The molecule has 0 radical (unpaired) electrons. The molecule has 0 fully saturated rings. The van der Waals surface area contributed by atoms with Crippen LogP contribution in [0.2, 0.25) is 0 Å². The maximum Gasteiger partial charge on any atom is 0.257 e. The third-order valence-corrected chi connectivity index (χ3v) is 4.75. The lowest BCUT2D eigenvalue weighted by Crippen LogP contribution is -2.11. The van der Waals surface area contributed by atoms with Gasteiger partial charge in [-0.3, -0.25) is 4.79 Å². The van der Waals surface area contributed by atoms with Crippen molar-refractivity contribution in [3.05, 3.63) is 70.3 Å². The molecular weight excluding hydrogens is 360 g/mol. The van der Waals surface area contributed by atoms with Crippen molar-refractivity contribution in [2.75, 3.05) is 5.32 Å². The lowest BCUT2D eigenvalue weighted by Gasteiger charge is -2.06. The number of aromatic nitrogens is 3. The predicted octanol–water partition coefficient (Wildman–Crippen LogP) is 4.73. The molecule has 2 heterocycles. The van der Waals surface area contributed by atoms with Crippen molar-refractivity contribution in [3.63, 3.8) is 0 Å². The van der Waals surface area contributed by atoms with Gasteiger partial charge in [-0.15, -0.1) is 11.3 Å². The number of hydrogen-bond acceptors (Lipinski definition) is 6. The summed E-state index contributed by atoms with van der Waals surface area (Å²) in [6.45, 7) is 3.74. The van der Waals surface area contributed by atoms with Gasteiger partial charge in [0.15, 0.2) is 5.82 Å². The number of amides is 1.